The van der Waals surface area contributed by atoms with Gasteiger partial charge < -0.3 is 9.47 Å². The van der Waals surface area contributed by atoms with E-state index in [-0.39, 0.29) is 0 Å². The summed E-state index contributed by atoms with van der Waals surface area (Å²) < 4.78 is 9.75. The van der Waals surface area contributed by atoms with Gasteiger partial charge in [0, 0.05) is 7.11 Å². The largest absolute Gasteiger partial charge is 0.359 e. The fourth-order valence-corrected chi connectivity index (χ4v) is 0.399. The summed E-state index contributed by atoms with van der Waals surface area (Å²) in [4.78, 5) is 0. The van der Waals surface area contributed by atoms with Crippen molar-refractivity contribution in [1.82, 2.24) is 0 Å². The van der Waals surface area contributed by atoms with Crippen molar-refractivity contribution in [1.29, 1.82) is 0 Å². The third-order valence-corrected chi connectivity index (χ3v) is 0.946. The number of rotatable bonds is 3. The summed E-state index contributed by atoms with van der Waals surface area (Å²) in [5, 5.41) is 0. The Morgan fingerprint density at radius 3 is 2.71 bits per heavy atom. The molecule has 0 radical (unpaired) electrons. The molecular weight excluding hydrogens is 92.1 g/mol. The molecule has 0 aromatic rings. The molecule has 1 aliphatic rings. The Labute approximate surface area is 43.4 Å². The summed E-state index contributed by atoms with van der Waals surface area (Å²) >= 11 is 0. The third kappa shape index (κ3) is 1.90. The number of hydrogen-bond acceptors (Lipinski definition) is 2. The van der Waals surface area contributed by atoms with Gasteiger partial charge in [-0.05, 0) is 12.8 Å². The van der Waals surface area contributed by atoms with Crippen molar-refractivity contribution in [3.63, 3.8) is 0 Å². The van der Waals surface area contributed by atoms with E-state index in [2.05, 4.69) is 4.74 Å². The highest BCUT2D eigenvalue weighted by atomic mass is 16.7. The standard InChI is InChI=1S/C5H10O2/c1-6-4-7-5-2-3-5/h5H,2-4H2,1H3. The van der Waals surface area contributed by atoms with Gasteiger partial charge in [-0.1, -0.05) is 0 Å². The fourth-order valence-electron chi connectivity index (χ4n) is 0.399. The summed E-state index contributed by atoms with van der Waals surface area (Å²) in [6, 6.07) is 0. The quantitative estimate of drug-likeness (QED) is 0.490. The molecule has 0 spiro atoms. The van der Waals surface area contributed by atoms with Gasteiger partial charge in [0.15, 0.2) is 0 Å². The Bertz CT molecular complexity index is 50.0. The van der Waals surface area contributed by atoms with Gasteiger partial charge in [-0.3, -0.25) is 0 Å². The molecule has 0 saturated heterocycles. The first-order chi connectivity index (χ1) is 3.43. The molecule has 0 amide bonds. The molecule has 1 rings (SSSR count). The van der Waals surface area contributed by atoms with Gasteiger partial charge in [0.2, 0.25) is 0 Å². The average molecular weight is 102 g/mol. The zero-order valence-corrected chi connectivity index (χ0v) is 4.52. The molecule has 0 N–H and O–H groups in total. The van der Waals surface area contributed by atoms with E-state index in [1.807, 2.05) is 0 Å². The van der Waals surface area contributed by atoms with E-state index in [9.17, 15) is 0 Å². The van der Waals surface area contributed by atoms with Crippen molar-refractivity contribution >= 4 is 0 Å². The first-order valence-electron chi connectivity index (χ1n) is 2.54. The molecule has 0 heterocycles. The van der Waals surface area contributed by atoms with Crippen LogP contribution in [0.2, 0.25) is 0 Å². The van der Waals surface area contributed by atoms with Crippen molar-refractivity contribution in [3.05, 3.63) is 0 Å². The lowest BCUT2D eigenvalue weighted by molar-refractivity contribution is -0.0391. The minimum atomic E-state index is 0.463. The third-order valence-electron chi connectivity index (χ3n) is 0.946. The Balaban J connectivity index is 1.80. The summed E-state index contributed by atoms with van der Waals surface area (Å²) in [7, 11) is 1.64. The SMILES string of the molecule is COCOC1CC1. The van der Waals surface area contributed by atoms with Gasteiger partial charge in [-0.25, -0.2) is 0 Å². The van der Waals surface area contributed by atoms with Crippen LogP contribution in [0.5, 0.6) is 0 Å². The molecule has 1 aliphatic carbocycles. The molecule has 0 aromatic carbocycles. The van der Waals surface area contributed by atoms with Crippen LogP contribution in [0.3, 0.4) is 0 Å². The first kappa shape index (κ1) is 5.06. The normalized spacial score (nSPS) is 20.1. The second-order valence-corrected chi connectivity index (χ2v) is 1.77. The monoisotopic (exact) mass is 102 g/mol. The van der Waals surface area contributed by atoms with Gasteiger partial charge >= 0.3 is 0 Å². The van der Waals surface area contributed by atoms with Crippen LogP contribution in [-0.2, 0) is 9.47 Å². The van der Waals surface area contributed by atoms with Crippen molar-refractivity contribution in [2.75, 3.05) is 13.9 Å². The molecular formula is C5H10O2. The van der Waals surface area contributed by atoms with Crippen LogP contribution < -0.4 is 0 Å². The van der Waals surface area contributed by atoms with Crippen LogP contribution in [0.15, 0.2) is 0 Å². The zero-order valence-electron chi connectivity index (χ0n) is 4.52. The first-order valence-corrected chi connectivity index (χ1v) is 2.54. The number of ether oxygens (including phenoxy) is 2. The van der Waals surface area contributed by atoms with Gasteiger partial charge in [0.25, 0.3) is 0 Å². The molecule has 0 aliphatic heterocycles. The second-order valence-electron chi connectivity index (χ2n) is 1.77. The maximum absolute atomic E-state index is 5.08. The van der Waals surface area contributed by atoms with Crippen molar-refractivity contribution in [2.45, 2.75) is 18.9 Å². The smallest absolute Gasteiger partial charge is 0.146 e. The molecule has 1 saturated carbocycles. The van der Waals surface area contributed by atoms with E-state index < -0.39 is 0 Å². The number of hydrogen-bond donors (Lipinski definition) is 0. The van der Waals surface area contributed by atoms with E-state index in [1.54, 1.807) is 7.11 Å². The van der Waals surface area contributed by atoms with E-state index in [0.717, 1.165) is 0 Å². The van der Waals surface area contributed by atoms with Crippen LogP contribution in [0.4, 0.5) is 0 Å². The Morgan fingerprint density at radius 1 is 1.57 bits per heavy atom. The van der Waals surface area contributed by atoms with Crippen molar-refractivity contribution in [2.24, 2.45) is 0 Å². The molecule has 1 fully saturated rings. The molecule has 0 bridgehead atoms. The zero-order chi connectivity index (χ0) is 5.11. The molecule has 2 heteroatoms. The molecule has 0 unspecified atom stereocenters. The van der Waals surface area contributed by atoms with Crippen LogP contribution in [0.25, 0.3) is 0 Å². The summed E-state index contributed by atoms with van der Waals surface area (Å²) in [6.45, 7) is 0.463. The predicted octanol–water partition coefficient (Wildman–Crippen LogP) is 0.769. The van der Waals surface area contributed by atoms with E-state index in [4.69, 9.17) is 4.74 Å². The van der Waals surface area contributed by atoms with Crippen molar-refractivity contribution in [3.8, 4) is 0 Å². The summed E-state index contributed by atoms with van der Waals surface area (Å²) in [5.41, 5.74) is 0. The van der Waals surface area contributed by atoms with Gasteiger partial charge in [-0.15, -0.1) is 0 Å². The summed E-state index contributed by atoms with van der Waals surface area (Å²) in [5.74, 6) is 0. The molecule has 7 heavy (non-hydrogen) atoms. The van der Waals surface area contributed by atoms with Crippen LogP contribution >= 0.6 is 0 Å². The topological polar surface area (TPSA) is 18.5 Å². The highest BCUT2D eigenvalue weighted by molar-refractivity contribution is 4.71. The molecule has 42 valence electrons. The lowest BCUT2D eigenvalue weighted by atomic mass is 10.8. The van der Waals surface area contributed by atoms with Gasteiger partial charge in [0.1, 0.15) is 6.79 Å². The summed E-state index contributed by atoms with van der Waals surface area (Å²) in [6.07, 6.45) is 2.98. The second kappa shape index (κ2) is 2.28. The van der Waals surface area contributed by atoms with Crippen LogP contribution in [0.1, 0.15) is 12.8 Å². The van der Waals surface area contributed by atoms with Gasteiger partial charge in [-0.2, -0.15) is 0 Å². The minimum absolute atomic E-state index is 0.463. The van der Waals surface area contributed by atoms with E-state index in [0.29, 0.717) is 12.9 Å². The lowest BCUT2D eigenvalue weighted by Gasteiger charge is -1.95. The Kier molecular flexibility index (Phi) is 1.65. The highest BCUT2D eigenvalue weighted by Gasteiger charge is 2.21. The predicted molar refractivity (Wildman–Crippen MR) is 26.0 cm³/mol. The maximum Gasteiger partial charge on any atom is 0.146 e. The minimum Gasteiger partial charge on any atom is -0.359 e. The molecule has 0 aromatic heterocycles. The Hall–Kier alpha value is -0.0800. The number of methoxy groups -OCH3 is 1. The fraction of sp³-hybridized carbons (Fsp3) is 1.00. The molecule has 0 atom stereocenters. The van der Waals surface area contributed by atoms with Crippen LogP contribution in [0, 0.1) is 0 Å². The van der Waals surface area contributed by atoms with Gasteiger partial charge in [0.05, 0.1) is 6.10 Å². The lowest BCUT2D eigenvalue weighted by Crippen LogP contribution is -1.96. The Morgan fingerprint density at radius 2 is 2.29 bits per heavy atom. The van der Waals surface area contributed by atoms with Crippen LogP contribution in [-0.4, -0.2) is 20.0 Å². The van der Waals surface area contributed by atoms with E-state index >= 15 is 0 Å². The average Bonchev–Trinajstić information content (AvgIpc) is 2.42. The molecule has 2 nitrogen and oxygen atoms in total. The highest BCUT2D eigenvalue weighted by Crippen LogP contribution is 2.22. The van der Waals surface area contributed by atoms with Crippen molar-refractivity contribution < 1.29 is 9.47 Å². The maximum atomic E-state index is 5.08. The van der Waals surface area contributed by atoms with E-state index in [1.165, 1.54) is 12.8 Å².